The predicted molar refractivity (Wildman–Crippen MR) is 86.5 cm³/mol. The van der Waals surface area contributed by atoms with Crippen LogP contribution < -0.4 is 15.8 Å². The second-order valence-electron chi connectivity index (χ2n) is 5.08. The molecule has 6 heteroatoms. The summed E-state index contributed by atoms with van der Waals surface area (Å²) >= 11 is 4.88. The molecular formula is C15H21N3O2S. The number of hydrogen-bond donors (Lipinski definition) is 2. The van der Waals surface area contributed by atoms with Crippen molar-refractivity contribution in [1.82, 2.24) is 10.2 Å². The van der Waals surface area contributed by atoms with E-state index in [-0.39, 0.29) is 5.91 Å². The van der Waals surface area contributed by atoms with Crippen LogP contribution in [0.1, 0.15) is 12.0 Å². The summed E-state index contributed by atoms with van der Waals surface area (Å²) in [6, 6.07) is 7.81. The van der Waals surface area contributed by atoms with E-state index in [2.05, 4.69) is 10.2 Å². The van der Waals surface area contributed by atoms with Crippen molar-refractivity contribution in [2.45, 2.75) is 12.8 Å². The normalized spacial score (nSPS) is 16.1. The molecule has 0 spiro atoms. The second kappa shape index (κ2) is 7.95. The molecule has 114 valence electrons. The summed E-state index contributed by atoms with van der Waals surface area (Å²) in [6.45, 7) is 3.82. The first-order chi connectivity index (χ1) is 10.1. The van der Waals surface area contributed by atoms with Crippen LogP contribution in [-0.2, 0) is 11.2 Å². The van der Waals surface area contributed by atoms with Crippen LogP contribution in [-0.4, -0.2) is 48.6 Å². The summed E-state index contributed by atoms with van der Waals surface area (Å²) in [6.07, 6.45) is 1.18. The number of nitrogens with one attached hydrogen (secondary N) is 1. The van der Waals surface area contributed by atoms with E-state index in [0.29, 0.717) is 31.0 Å². The number of ether oxygens (including phenoxy) is 1. The fraction of sp³-hybridized carbons (Fsp3) is 0.467. The highest BCUT2D eigenvalue weighted by molar-refractivity contribution is 7.80. The predicted octanol–water partition coefficient (Wildman–Crippen LogP) is 0.716. The molecule has 0 bridgehead atoms. The molecule has 1 aromatic rings. The zero-order valence-corrected chi connectivity index (χ0v) is 12.8. The molecule has 0 saturated carbocycles. The van der Waals surface area contributed by atoms with Gasteiger partial charge in [-0.05, 0) is 17.7 Å². The van der Waals surface area contributed by atoms with Gasteiger partial charge in [0.05, 0.1) is 4.99 Å². The van der Waals surface area contributed by atoms with Gasteiger partial charge in [-0.2, -0.15) is 0 Å². The molecule has 2 rings (SSSR count). The Bertz CT molecular complexity index is 490. The van der Waals surface area contributed by atoms with Crippen molar-refractivity contribution < 1.29 is 9.53 Å². The Morgan fingerprint density at radius 2 is 2.10 bits per heavy atom. The summed E-state index contributed by atoms with van der Waals surface area (Å²) < 4.78 is 5.73. The number of nitrogens with zero attached hydrogens (tertiary/aromatic N) is 1. The van der Waals surface area contributed by atoms with Crippen LogP contribution >= 0.6 is 12.2 Å². The number of nitrogens with two attached hydrogens (primary N) is 1. The Balaban J connectivity index is 1.72. The topological polar surface area (TPSA) is 67.6 Å². The molecule has 1 aliphatic rings. The summed E-state index contributed by atoms with van der Waals surface area (Å²) in [7, 11) is 0. The van der Waals surface area contributed by atoms with E-state index in [9.17, 15) is 4.79 Å². The number of carbonyl (C=O) groups excluding carboxylic acids is 1. The molecule has 1 saturated heterocycles. The maximum absolute atomic E-state index is 11.2. The summed E-state index contributed by atoms with van der Waals surface area (Å²) in [5.74, 6) is 0.970. The maximum Gasteiger partial charge on any atom is 0.221 e. The standard InChI is InChI=1S/C15H21N3O2S/c16-14(21)11-12-1-3-13(4-2-12)20-10-9-18-7-5-15(19)17-6-8-18/h1-4H,5-11H2,(H2,16,21)(H,17,19). The van der Waals surface area contributed by atoms with Gasteiger partial charge in [-0.25, -0.2) is 0 Å². The number of hydrogen-bond acceptors (Lipinski definition) is 4. The van der Waals surface area contributed by atoms with Crippen molar-refractivity contribution in [1.29, 1.82) is 0 Å². The zero-order chi connectivity index (χ0) is 15.1. The first kappa shape index (κ1) is 15.7. The Labute approximate surface area is 130 Å². The minimum Gasteiger partial charge on any atom is -0.492 e. The van der Waals surface area contributed by atoms with Gasteiger partial charge in [0.2, 0.25) is 5.91 Å². The molecule has 1 fully saturated rings. The van der Waals surface area contributed by atoms with E-state index in [4.69, 9.17) is 22.7 Å². The number of amides is 1. The van der Waals surface area contributed by atoms with E-state index in [1.807, 2.05) is 24.3 Å². The van der Waals surface area contributed by atoms with Crippen LogP contribution in [0.3, 0.4) is 0 Å². The third kappa shape index (κ3) is 5.69. The number of benzene rings is 1. The molecular weight excluding hydrogens is 286 g/mol. The maximum atomic E-state index is 11.2. The SMILES string of the molecule is NC(=S)Cc1ccc(OCCN2CCNC(=O)CC2)cc1. The van der Waals surface area contributed by atoms with Crippen molar-refractivity contribution in [3.05, 3.63) is 29.8 Å². The van der Waals surface area contributed by atoms with Gasteiger partial charge in [-0.15, -0.1) is 0 Å². The first-order valence-electron chi connectivity index (χ1n) is 7.12. The molecule has 1 amide bonds. The van der Waals surface area contributed by atoms with E-state index in [0.717, 1.165) is 30.9 Å². The highest BCUT2D eigenvalue weighted by Gasteiger charge is 2.12. The first-order valence-corrected chi connectivity index (χ1v) is 7.53. The molecule has 0 aliphatic carbocycles. The molecule has 0 atom stereocenters. The van der Waals surface area contributed by atoms with Crippen LogP contribution in [0.4, 0.5) is 0 Å². The average molecular weight is 307 g/mol. The molecule has 1 aliphatic heterocycles. The van der Waals surface area contributed by atoms with Crippen LogP contribution in [0, 0.1) is 0 Å². The van der Waals surface area contributed by atoms with E-state index >= 15 is 0 Å². The minimum absolute atomic E-state index is 0.131. The molecule has 3 N–H and O–H groups in total. The molecule has 1 heterocycles. The molecule has 21 heavy (non-hydrogen) atoms. The average Bonchev–Trinajstić information content (AvgIpc) is 2.65. The lowest BCUT2D eigenvalue weighted by molar-refractivity contribution is -0.120. The number of carbonyl (C=O) groups is 1. The number of thiocarbonyl (C=S) groups is 1. The van der Waals surface area contributed by atoms with Gasteiger partial charge in [-0.1, -0.05) is 24.4 Å². The smallest absolute Gasteiger partial charge is 0.221 e. The van der Waals surface area contributed by atoms with Crippen LogP contribution in [0.5, 0.6) is 5.75 Å². The lowest BCUT2D eigenvalue weighted by Gasteiger charge is -2.19. The van der Waals surface area contributed by atoms with Crippen LogP contribution in [0.25, 0.3) is 0 Å². The van der Waals surface area contributed by atoms with Crippen LogP contribution in [0.15, 0.2) is 24.3 Å². The third-order valence-corrected chi connectivity index (χ3v) is 3.53. The summed E-state index contributed by atoms with van der Waals surface area (Å²) in [4.78, 5) is 14.0. The third-order valence-electron chi connectivity index (χ3n) is 3.38. The van der Waals surface area contributed by atoms with Crippen molar-refractivity contribution in [2.75, 3.05) is 32.8 Å². The van der Waals surface area contributed by atoms with Crippen LogP contribution in [0.2, 0.25) is 0 Å². The fourth-order valence-electron chi connectivity index (χ4n) is 2.23. The number of rotatable bonds is 6. The minimum atomic E-state index is 0.131. The van der Waals surface area contributed by atoms with Crippen molar-refractivity contribution in [3.63, 3.8) is 0 Å². The zero-order valence-electron chi connectivity index (χ0n) is 12.0. The Kier molecular flexibility index (Phi) is 5.95. The van der Waals surface area contributed by atoms with Gasteiger partial charge < -0.3 is 15.8 Å². The second-order valence-corrected chi connectivity index (χ2v) is 5.60. The Morgan fingerprint density at radius 1 is 1.33 bits per heavy atom. The van der Waals surface area contributed by atoms with Gasteiger partial charge in [0.15, 0.2) is 0 Å². The van der Waals surface area contributed by atoms with Gasteiger partial charge in [0, 0.05) is 39.0 Å². The summed E-state index contributed by atoms with van der Waals surface area (Å²) in [5.41, 5.74) is 6.60. The molecule has 0 radical (unpaired) electrons. The lowest BCUT2D eigenvalue weighted by Crippen LogP contribution is -2.32. The monoisotopic (exact) mass is 307 g/mol. The summed E-state index contributed by atoms with van der Waals surface area (Å²) in [5, 5.41) is 2.86. The largest absolute Gasteiger partial charge is 0.492 e. The molecule has 0 aromatic heterocycles. The molecule has 5 nitrogen and oxygen atoms in total. The van der Waals surface area contributed by atoms with Gasteiger partial charge in [0.1, 0.15) is 12.4 Å². The molecule has 0 unspecified atom stereocenters. The van der Waals surface area contributed by atoms with E-state index in [1.54, 1.807) is 0 Å². The van der Waals surface area contributed by atoms with Crippen molar-refractivity contribution >= 4 is 23.1 Å². The fourth-order valence-corrected chi connectivity index (χ4v) is 2.40. The van der Waals surface area contributed by atoms with Gasteiger partial charge in [0.25, 0.3) is 0 Å². The van der Waals surface area contributed by atoms with Crippen molar-refractivity contribution in [2.24, 2.45) is 5.73 Å². The van der Waals surface area contributed by atoms with Gasteiger partial charge in [-0.3, -0.25) is 9.69 Å². The lowest BCUT2D eigenvalue weighted by atomic mass is 10.1. The Hall–Kier alpha value is -1.66. The van der Waals surface area contributed by atoms with E-state index in [1.165, 1.54) is 0 Å². The van der Waals surface area contributed by atoms with Gasteiger partial charge >= 0.3 is 0 Å². The molecule has 1 aromatic carbocycles. The Morgan fingerprint density at radius 3 is 2.81 bits per heavy atom. The van der Waals surface area contributed by atoms with Crippen molar-refractivity contribution in [3.8, 4) is 5.75 Å². The quantitative estimate of drug-likeness (QED) is 0.758. The highest BCUT2D eigenvalue weighted by atomic mass is 32.1. The van der Waals surface area contributed by atoms with E-state index < -0.39 is 0 Å². The highest BCUT2D eigenvalue weighted by Crippen LogP contribution is 2.12.